The second-order valence-corrected chi connectivity index (χ2v) is 3.79. The monoisotopic (exact) mass is 226 g/mol. The lowest BCUT2D eigenvalue weighted by Gasteiger charge is -2.14. The highest BCUT2D eigenvalue weighted by Crippen LogP contribution is 2.28. The third-order valence-electron chi connectivity index (χ3n) is 2.50. The SMILES string of the molecule is CCC[C@@H](CC(=O)O)c1ccc(F)c(O)c1. The van der Waals surface area contributed by atoms with Crippen LogP contribution in [0.25, 0.3) is 0 Å². The van der Waals surface area contributed by atoms with Gasteiger partial charge in [0.05, 0.1) is 6.42 Å². The Morgan fingerprint density at radius 1 is 1.50 bits per heavy atom. The van der Waals surface area contributed by atoms with Crippen molar-refractivity contribution in [3.8, 4) is 5.75 Å². The average Bonchev–Trinajstić information content (AvgIpc) is 2.21. The van der Waals surface area contributed by atoms with Crippen molar-refractivity contribution in [3.63, 3.8) is 0 Å². The highest BCUT2D eigenvalue weighted by atomic mass is 19.1. The molecule has 0 aliphatic heterocycles. The molecule has 0 bridgehead atoms. The fourth-order valence-electron chi connectivity index (χ4n) is 1.73. The summed E-state index contributed by atoms with van der Waals surface area (Å²) in [5, 5.41) is 18.0. The Labute approximate surface area is 93.5 Å². The van der Waals surface area contributed by atoms with Crippen molar-refractivity contribution in [1.29, 1.82) is 0 Å². The molecule has 0 unspecified atom stereocenters. The summed E-state index contributed by atoms with van der Waals surface area (Å²) in [4.78, 5) is 10.7. The number of aromatic hydroxyl groups is 1. The summed E-state index contributed by atoms with van der Waals surface area (Å²) in [6.45, 7) is 1.96. The fraction of sp³-hybridized carbons (Fsp3) is 0.417. The molecule has 88 valence electrons. The lowest BCUT2D eigenvalue weighted by molar-refractivity contribution is -0.137. The number of carboxylic acids is 1. The molecule has 0 fully saturated rings. The predicted molar refractivity (Wildman–Crippen MR) is 58.0 cm³/mol. The maximum Gasteiger partial charge on any atom is 0.303 e. The fourth-order valence-corrected chi connectivity index (χ4v) is 1.73. The van der Waals surface area contributed by atoms with Crippen molar-refractivity contribution >= 4 is 5.97 Å². The largest absolute Gasteiger partial charge is 0.505 e. The minimum Gasteiger partial charge on any atom is -0.505 e. The number of aliphatic carboxylic acids is 1. The zero-order valence-electron chi connectivity index (χ0n) is 9.11. The molecule has 4 heteroatoms. The smallest absolute Gasteiger partial charge is 0.303 e. The summed E-state index contributed by atoms with van der Waals surface area (Å²) in [5.41, 5.74) is 0.670. The van der Waals surface area contributed by atoms with Crippen molar-refractivity contribution in [2.45, 2.75) is 32.1 Å². The van der Waals surface area contributed by atoms with Gasteiger partial charge in [-0.1, -0.05) is 19.4 Å². The van der Waals surface area contributed by atoms with E-state index in [1.807, 2.05) is 6.92 Å². The highest BCUT2D eigenvalue weighted by Gasteiger charge is 2.16. The quantitative estimate of drug-likeness (QED) is 0.811. The number of carbonyl (C=O) groups is 1. The number of hydrogen-bond donors (Lipinski definition) is 2. The van der Waals surface area contributed by atoms with Gasteiger partial charge in [-0.05, 0) is 30.0 Å². The van der Waals surface area contributed by atoms with Crippen molar-refractivity contribution < 1.29 is 19.4 Å². The van der Waals surface area contributed by atoms with Crippen LogP contribution in [0.5, 0.6) is 5.75 Å². The first kappa shape index (κ1) is 12.5. The van der Waals surface area contributed by atoms with Gasteiger partial charge in [0.15, 0.2) is 11.6 Å². The van der Waals surface area contributed by atoms with E-state index in [4.69, 9.17) is 5.11 Å². The Kier molecular flexibility index (Phi) is 4.28. The lowest BCUT2D eigenvalue weighted by Crippen LogP contribution is -2.06. The molecular weight excluding hydrogens is 211 g/mol. The number of phenolic OH excluding ortho intramolecular Hbond substituents is 1. The average molecular weight is 226 g/mol. The van der Waals surface area contributed by atoms with E-state index in [1.165, 1.54) is 12.1 Å². The van der Waals surface area contributed by atoms with Crippen LogP contribution in [0.1, 0.15) is 37.7 Å². The highest BCUT2D eigenvalue weighted by molar-refractivity contribution is 5.68. The lowest BCUT2D eigenvalue weighted by atomic mass is 9.91. The number of halogens is 1. The Hall–Kier alpha value is -1.58. The third kappa shape index (κ3) is 3.22. The maximum absolute atomic E-state index is 12.8. The molecule has 0 spiro atoms. The number of phenols is 1. The summed E-state index contributed by atoms with van der Waals surface area (Å²) in [7, 11) is 0. The second kappa shape index (κ2) is 5.49. The normalized spacial score (nSPS) is 12.4. The first-order valence-electron chi connectivity index (χ1n) is 5.24. The van der Waals surface area contributed by atoms with E-state index in [2.05, 4.69) is 0 Å². The van der Waals surface area contributed by atoms with Gasteiger partial charge in [0.1, 0.15) is 0 Å². The van der Waals surface area contributed by atoms with Crippen LogP contribution < -0.4 is 0 Å². The minimum atomic E-state index is -0.887. The molecule has 0 aliphatic rings. The zero-order chi connectivity index (χ0) is 12.1. The minimum absolute atomic E-state index is 0.00108. The Morgan fingerprint density at radius 2 is 2.19 bits per heavy atom. The van der Waals surface area contributed by atoms with Crippen molar-refractivity contribution in [1.82, 2.24) is 0 Å². The first-order valence-corrected chi connectivity index (χ1v) is 5.24. The Balaban J connectivity index is 2.91. The molecule has 0 amide bonds. The van der Waals surface area contributed by atoms with E-state index in [0.29, 0.717) is 12.0 Å². The first-order chi connectivity index (χ1) is 7.54. The molecule has 16 heavy (non-hydrogen) atoms. The van der Waals surface area contributed by atoms with Crippen molar-refractivity contribution in [2.75, 3.05) is 0 Å². The van der Waals surface area contributed by atoms with E-state index in [1.54, 1.807) is 0 Å². The number of rotatable bonds is 5. The Morgan fingerprint density at radius 3 is 2.69 bits per heavy atom. The molecule has 1 aromatic carbocycles. The molecular formula is C12H15FO3. The molecule has 0 aromatic heterocycles. The van der Waals surface area contributed by atoms with Crippen LogP contribution in [0.2, 0.25) is 0 Å². The van der Waals surface area contributed by atoms with Crippen LogP contribution in [0.15, 0.2) is 18.2 Å². The van der Waals surface area contributed by atoms with Crippen LogP contribution in [0.4, 0.5) is 4.39 Å². The van der Waals surface area contributed by atoms with E-state index in [0.717, 1.165) is 12.5 Å². The van der Waals surface area contributed by atoms with Crippen LogP contribution in [0, 0.1) is 5.82 Å². The summed E-state index contributed by atoms with van der Waals surface area (Å²) in [6.07, 6.45) is 1.55. The summed E-state index contributed by atoms with van der Waals surface area (Å²) in [5.74, 6) is -2.17. The van der Waals surface area contributed by atoms with E-state index < -0.39 is 17.5 Å². The molecule has 0 saturated heterocycles. The van der Waals surface area contributed by atoms with Crippen LogP contribution in [0.3, 0.4) is 0 Å². The molecule has 3 nitrogen and oxygen atoms in total. The summed E-state index contributed by atoms with van der Waals surface area (Å²) in [6, 6.07) is 3.99. The maximum atomic E-state index is 12.8. The molecule has 1 aromatic rings. The van der Waals surface area contributed by atoms with Gasteiger partial charge in [-0.25, -0.2) is 4.39 Å². The molecule has 1 rings (SSSR count). The van der Waals surface area contributed by atoms with Gasteiger partial charge in [-0.3, -0.25) is 4.79 Å². The van der Waals surface area contributed by atoms with Crippen molar-refractivity contribution in [3.05, 3.63) is 29.6 Å². The molecule has 0 saturated carbocycles. The standard InChI is InChI=1S/C12H15FO3/c1-2-3-8(7-12(15)16)9-4-5-10(13)11(14)6-9/h4-6,8,14H,2-3,7H2,1H3,(H,15,16)/t8-/m0/s1. The van der Waals surface area contributed by atoms with Gasteiger partial charge in [0, 0.05) is 0 Å². The van der Waals surface area contributed by atoms with Crippen LogP contribution >= 0.6 is 0 Å². The van der Waals surface area contributed by atoms with Crippen LogP contribution in [-0.4, -0.2) is 16.2 Å². The summed E-state index contributed by atoms with van der Waals surface area (Å²) < 4.78 is 12.8. The topological polar surface area (TPSA) is 57.5 Å². The number of hydrogen-bond acceptors (Lipinski definition) is 2. The second-order valence-electron chi connectivity index (χ2n) is 3.79. The predicted octanol–water partition coefficient (Wildman–Crippen LogP) is 2.89. The summed E-state index contributed by atoms with van der Waals surface area (Å²) >= 11 is 0. The van der Waals surface area contributed by atoms with E-state index in [9.17, 15) is 14.3 Å². The number of benzene rings is 1. The third-order valence-corrected chi connectivity index (χ3v) is 2.50. The molecule has 0 radical (unpaired) electrons. The van der Waals surface area contributed by atoms with E-state index >= 15 is 0 Å². The van der Waals surface area contributed by atoms with Crippen molar-refractivity contribution in [2.24, 2.45) is 0 Å². The molecule has 2 N–H and O–H groups in total. The molecule has 1 atom stereocenters. The van der Waals surface area contributed by atoms with Gasteiger partial charge >= 0.3 is 5.97 Å². The number of carboxylic acid groups (broad SMARTS) is 1. The van der Waals surface area contributed by atoms with Gasteiger partial charge in [-0.2, -0.15) is 0 Å². The van der Waals surface area contributed by atoms with E-state index in [-0.39, 0.29) is 12.3 Å². The van der Waals surface area contributed by atoms with Gasteiger partial charge < -0.3 is 10.2 Å². The van der Waals surface area contributed by atoms with Gasteiger partial charge in [-0.15, -0.1) is 0 Å². The Bertz CT molecular complexity index is 377. The molecule has 0 heterocycles. The van der Waals surface area contributed by atoms with Crippen LogP contribution in [-0.2, 0) is 4.79 Å². The van der Waals surface area contributed by atoms with Gasteiger partial charge in [0.25, 0.3) is 0 Å². The zero-order valence-corrected chi connectivity index (χ0v) is 9.11. The molecule has 0 aliphatic carbocycles. The van der Waals surface area contributed by atoms with Gasteiger partial charge in [0.2, 0.25) is 0 Å².